The molecule has 0 saturated heterocycles. The van der Waals surface area contributed by atoms with E-state index in [9.17, 15) is 8.42 Å². The fraction of sp³-hybridized carbons (Fsp3) is 0.250. The van der Waals surface area contributed by atoms with Crippen LogP contribution in [0, 0.1) is 5.41 Å². The minimum Gasteiger partial charge on any atom is -0.497 e. The first-order chi connectivity index (χ1) is 13.7. The number of fused-ring (bicyclic) bond motifs is 3. The van der Waals surface area contributed by atoms with E-state index in [2.05, 4.69) is 26.8 Å². The van der Waals surface area contributed by atoms with Crippen molar-refractivity contribution in [3.05, 3.63) is 78.4 Å². The largest absolute Gasteiger partial charge is 0.497 e. The van der Waals surface area contributed by atoms with Gasteiger partial charge in [0.25, 0.3) is 10.0 Å². The average Bonchev–Trinajstić information content (AvgIpc) is 2.72. The highest BCUT2D eigenvalue weighted by Crippen LogP contribution is 2.52. The molecule has 0 bridgehead atoms. The van der Waals surface area contributed by atoms with Crippen LogP contribution in [-0.2, 0) is 10.0 Å². The Bertz CT molecular complexity index is 1150. The van der Waals surface area contributed by atoms with Gasteiger partial charge in [-0.2, -0.15) is 0 Å². The molecule has 1 aliphatic heterocycles. The maximum atomic E-state index is 13.9. The van der Waals surface area contributed by atoms with Crippen molar-refractivity contribution in [1.29, 1.82) is 0 Å². The Labute approximate surface area is 172 Å². The molecule has 3 aromatic rings. The van der Waals surface area contributed by atoms with E-state index in [1.807, 2.05) is 42.5 Å². The Balaban J connectivity index is 1.99. The molecule has 4 rings (SSSR count). The van der Waals surface area contributed by atoms with E-state index in [1.54, 1.807) is 35.7 Å². The molecule has 0 N–H and O–H groups in total. The van der Waals surface area contributed by atoms with Crippen LogP contribution in [0.1, 0.15) is 32.4 Å². The fourth-order valence-corrected chi connectivity index (χ4v) is 5.92. The van der Waals surface area contributed by atoms with Crippen molar-refractivity contribution in [3.8, 4) is 16.9 Å². The van der Waals surface area contributed by atoms with Gasteiger partial charge in [-0.15, -0.1) is 0 Å². The Morgan fingerprint density at radius 1 is 0.828 bits per heavy atom. The zero-order chi connectivity index (χ0) is 20.8. The zero-order valence-corrected chi connectivity index (χ0v) is 17.9. The number of hydrogen-bond donors (Lipinski definition) is 0. The number of nitrogens with zero attached hydrogens (tertiary/aromatic N) is 1. The van der Waals surface area contributed by atoms with Crippen molar-refractivity contribution in [1.82, 2.24) is 0 Å². The first-order valence-corrected chi connectivity index (χ1v) is 11.1. The highest BCUT2D eigenvalue weighted by Gasteiger charge is 2.44. The Kier molecular flexibility index (Phi) is 4.66. The second-order valence-electron chi connectivity index (χ2n) is 8.35. The van der Waals surface area contributed by atoms with Crippen LogP contribution in [0.15, 0.2) is 77.7 Å². The monoisotopic (exact) mass is 407 g/mol. The van der Waals surface area contributed by atoms with E-state index >= 15 is 0 Å². The van der Waals surface area contributed by atoms with Crippen LogP contribution in [0.2, 0.25) is 0 Å². The molecule has 1 heterocycles. The molecule has 0 amide bonds. The molecule has 4 nitrogen and oxygen atoms in total. The topological polar surface area (TPSA) is 46.6 Å². The van der Waals surface area contributed by atoms with Gasteiger partial charge in [0.05, 0.1) is 23.7 Å². The second kappa shape index (κ2) is 6.92. The quantitative estimate of drug-likeness (QED) is 0.563. The number of para-hydroxylation sites is 1. The summed E-state index contributed by atoms with van der Waals surface area (Å²) in [5, 5.41) is 0. The van der Waals surface area contributed by atoms with Crippen molar-refractivity contribution in [2.45, 2.75) is 31.7 Å². The van der Waals surface area contributed by atoms with Crippen LogP contribution >= 0.6 is 0 Å². The molecule has 3 aromatic carbocycles. The standard InChI is InChI=1S/C24H25NO3S/c1-24(2,3)23-21-11-6-5-9-19(21)20-10-7-8-12-22(20)25(23)29(26,27)18-15-13-17(28-4)14-16-18/h5-16,23H,1-4H3. The van der Waals surface area contributed by atoms with Crippen molar-refractivity contribution in [2.24, 2.45) is 5.41 Å². The van der Waals surface area contributed by atoms with Crippen LogP contribution in [0.3, 0.4) is 0 Å². The van der Waals surface area contributed by atoms with Crippen molar-refractivity contribution < 1.29 is 13.2 Å². The molecule has 5 heteroatoms. The summed E-state index contributed by atoms with van der Waals surface area (Å²) >= 11 is 0. The lowest BCUT2D eigenvalue weighted by atomic mass is 9.77. The average molecular weight is 408 g/mol. The number of benzene rings is 3. The van der Waals surface area contributed by atoms with Crippen LogP contribution in [0.5, 0.6) is 5.75 Å². The lowest BCUT2D eigenvalue weighted by molar-refractivity contribution is 0.327. The number of methoxy groups -OCH3 is 1. The Hall–Kier alpha value is -2.79. The summed E-state index contributed by atoms with van der Waals surface area (Å²) in [6, 6.07) is 22.1. The molecule has 0 aliphatic carbocycles. The summed E-state index contributed by atoms with van der Waals surface area (Å²) in [5.41, 5.74) is 3.44. The smallest absolute Gasteiger partial charge is 0.264 e. The van der Waals surface area contributed by atoms with Gasteiger partial charge >= 0.3 is 0 Å². The molecule has 1 unspecified atom stereocenters. The summed E-state index contributed by atoms with van der Waals surface area (Å²) < 4.78 is 34.6. The van der Waals surface area contributed by atoms with Crippen LogP contribution in [0.25, 0.3) is 11.1 Å². The van der Waals surface area contributed by atoms with E-state index in [-0.39, 0.29) is 16.4 Å². The predicted molar refractivity (Wildman–Crippen MR) is 117 cm³/mol. The van der Waals surface area contributed by atoms with Gasteiger partial charge in [-0.25, -0.2) is 8.42 Å². The number of rotatable bonds is 3. The number of hydrogen-bond acceptors (Lipinski definition) is 3. The SMILES string of the molecule is COc1ccc(S(=O)(=O)N2c3ccccc3-c3ccccc3C2C(C)(C)C)cc1. The van der Waals surface area contributed by atoms with E-state index in [0.717, 1.165) is 16.7 Å². The summed E-state index contributed by atoms with van der Waals surface area (Å²) in [4.78, 5) is 0.252. The van der Waals surface area contributed by atoms with Crippen LogP contribution < -0.4 is 9.04 Å². The zero-order valence-electron chi connectivity index (χ0n) is 17.1. The maximum Gasteiger partial charge on any atom is 0.264 e. The van der Waals surface area contributed by atoms with Crippen molar-refractivity contribution in [3.63, 3.8) is 0 Å². The minimum atomic E-state index is -3.80. The third-order valence-electron chi connectivity index (χ3n) is 5.36. The highest BCUT2D eigenvalue weighted by molar-refractivity contribution is 7.92. The highest BCUT2D eigenvalue weighted by atomic mass is 32.2. The van der Waals surface area contributed by atoms with Gasteiger partial charge in [0, 0.05) is 5.56 Å². The normalized spacial score (nSPS) is 16.1. The number of anilines is 1. The molecule has 29 heavy (non-hydrogen) atoms. The van der Waals surface area contributed by atoms with Crippen molar-refractivity contribution in [2.75, 3.05) is 11.4 Å². The Morgan fingerprint density at radius 2 is 1.41 bits per heavy atom. The molecule has 0 radical (unpaired) electrons. The van der Waals surface area contributed by atoms with Gasteiger partial charge in [0.15, 0.2) is 0 Å². The minimum absolute atomic E-state index is 0.252. The van der Waals surface area contributed by atoms with Gasteiger partial charge in [0.1, 0.15) is 5.75 Å². The van der Waals surface area contributed by atoms with Gasteiger partial charge in [-0.05, 0) is 46.9 Å². The molecular weight excluding hydrogens is 382 g/mol. The lowest BCUT2D eigenvalue weighted by Gasteiger charge is -2.45. The van der Waals surface area contributed by atoms with Crippen molar-refractivity contribution >= 4 is 15.7 Å². The van der Waals surface area contributed by atoms with Gasteiger partial charge in [-0.1, -0.05) is 63.2 Å². The summed E-state index contributed by atoms with van der Waals surface area (Å²) in [6.45, 7) is 6.25. The third kappa shape index (κ3) is 3.19. The van der Waals surface area contributed by atoms with E-state index in [0.29, 0.717) is 11.4 Å². The van der Waals surface area contributed by atoms with Gasteiger partial charge in [-0.3, -0.25) is 4.31 Å². The number of ether oxygens (including phenoxy) is 1. The Morgan fingerprint density at radius 3 is 2.03 bits per heavy atom. The predicted octanol–water partition coefficient (Wildman–Crippen LogP) is 5.66. The number of sulfonamides is 1. The fourth-order valence-electron chi connectivity index (χ4n) is 4.09. The van der Waals surface area contributed by atoms with Crippen LogP contribution in [0.4, 0.5) is 5.69 Å². The molecule has 0 saturated carbocycles. The van der Waals surface area contributed by atoms with E-state index in [4.69, 9.17) is 4.74 Å². The summed E-state index contributed by atoms with van der Waals surface area (Å²) in [7, 11) is -2.23. The molecular formula is C24H25NO3S. The van der Waals surface area contributed by atoms with E-state index in [1.165, 1.54) is 0 Å². The maximum absolute atomic E-state index is 13.9. The van der Waals surface area contributed by atoms with Gasteiger partial charge in [0.2, 0.25) is 0 Å². The summed E-state index contributed by atoms with van der Waals surface area (Å²) in [6.07, 6.45) is 0. The third-order valence-corrected chi connectivity index (χ3v) is 7.15. The molecule has 1 aliphatic rings. The first kappa shape index (κ1) is 19.5. The molecule has 1 atom stereocenters. The molecule has 0 spiro atoms. The van der Waals surface area contributed by atoms with Gasteiger partial charge < -0.3 is 4.74 Å². The molecule has 0 fully saturated rings. The molecule has 0 aromatic heterocycles. The first-order valence-electron chi connectivity index (χ1n) is 9.62. The second-order valence-corrected chi connectivity index (χ2v) is 10.2. The molecule has 150 valence electrons. The van der Waals surface area contributed by atoms with E-state index < -0.39 is 10.0 Å². The lowest BCUT2D eigenvalue weighted by Crippen LogP contribution is -2.43. The van der Waals surface area contributed by atoms with Crippen LogP contribution in [-0.4, -0.2) is 15.5 Å². The summed E-state index contributed by atoms with van der Waals surface area (Å²) in [5.74, 6) is 0.626.